The zero-order chi connectivity index (χ0) is 12.3. The van der Waals surface area contributed by atoms with Crippen LogP contribution in [0.4, 0.5) is 0 Å². The second kappa shape index (κ2) is 4.87. The maximum Gasteiger partial charge on any atom is 0.333 e. The number of benzene rings is 1. The van der Waals surface area contributed by atoms with Gasteiger partial charge in [-0.25, -0.2) is 4.79 Å². The first kappa shape index (κ1) is 11.5. The summed E-state index contributed by atoms with van der Waals surface area (Å²) in [4.78, 5) is 14.6. The smallest absolute Gasteiger partial charge is 0.333 e. The number of carbonyl (C=O) groups is 1. The molecule has 3 nitrogen and oxygen atoms in total. The average Bonchev–Trinajstić information content (AvgIpc) is 2.76. The van der Waals surface area contributed by atoms with E-state index >= 15 is 0 Å². The average molecular weight is 229 g/mol. The van der Waals surface area contributed by atoms with Crippen molar-refractivity contribution >= 4 is 22.9 Å². The zero-order valence-corrected chi connectivity index (χ0v) is 9.99. The van der Waals surface area contributed by atoms with Crippen molar-refractivity contribution in [3.63, 3.8) is 0 Å². The minimum atomic E-state index is -0.262. The van der Waals surface area contributed by atoms with Gasteiger partial charge in [-0.05, 0) is 49.1 Å². The fourth-order valence-corrected chi connectivity index (χ4v) is 1.72. The van der Waals surface area contributed by atoms with Gasteiger partial charge >= 0.3 is 5.97 Å². The number of aromatic nitrogens is 1. The van der Waals surface area contributed by atoms with Gasteiger partial charge in [-0.15, -0.1) is 0 Å². The third-order valence-corrected chi connectivity index (χ3v) is 2.56. The fourth-order valence-electron chi connectivity index (χ4n) is 1.72. The predicted molar refractivity (Wildman–Crippen MR) is 68.6 cm³/mol. The van der Waals surface area contributed by atoms with E-state index in [0.29, 0.717) is 12.2 Å². The monoisotopic (exact) mass is 229 g/mol. The van der Waals surface area contributed by atoms with Crippen LogP contribution in [0.3, 0.4) is 0 Å². The summed E-state index contributed by atoms with van der Waals surface area (Å²) < 4.78 is 4.93. The lowest BCUT2D eigenvalue weighted by molar-refractivity contribution is -0.138. The molecule has 0 spiro atoms. The van der Waals surface area contributed by atoms with Crippen LogP contribution < -0.4 is 0 Å². The highest BCUT2D eigenvalue weighted by Gasteiger charge is 2.04. The molecule has 0 amide bonds. The molecule has 0 atom stereocenters. The molecule has 3 heteroatoms. The van der Waals surface area contributed by atoms with Gasteiger partial charge in [0.25, 0.3) is 0 Å². The quantitative estimate of drug-likeness (QED) is 0.649. The number of H-pyrrole nitrogens is 1. The summed E-state index contributed by atoms with van der Waals surface area (Å²) in [5, 5.41) is 1.13. The lowest BCUT2D eigenvalue weighted by Crippen LogP contribution is -2.04. The molecule has 0 aliphatic carbocycles. The first-order valence-electron chi connectivity index (χ1n) is 5.63. The summed E-state index contributed by atoms with van der Waals surface area (Å²) in [7, 11) is 0. The van der Waals surface area contributed by atoms with E-state index in [2.05, 4.69) is 4.98 Å². The standard InChI is InChI=1S/C14H15NO2/c1-3-17-14(16)10(2)8-11-4-5-13-12(9-11)6-7-15-13/h4-9,15H,3H2,1-2H3/b10-8+. The van der Waals surface area contributed by atoms with Crippen molar-refractivity contribution in [2.75, 3.05) is 6.61 Å². The van der Waals surface area contributed by atoms with Crippen LogP contribution in [0.1, 0.15) is 19.4 Å². The Labute approximate surface area is 100 Å². The van der Waals surface area contributed by atoms with Gasteiger partial charge in [-0.3, -0.25) is 0 Å². The van der Waals surface area contributed by atoms with Gasteiger partial charge < -0.3 is 9.72 Å². The molecular weight excluding hydrogens is 214 g/mol. The summed E-state index contributed by atoms with van der Waals surface area (Å²) in [6.45, 7) is 3.97. The van der Waals surface area contributed by atoms with E-state index in [4.69, 9.17) is 4.74 Å². The molecule has 2 rings (SSSR count). The summed E-state index contributed by atoms with van der Waals surface area (Å²) >= 11 is 0. The minimum absolute atomic E-state index is 0.262. The van der Waals surface area contributed by atoms with Gasteiger partial charge in [0.2, 0.25) is 0 Å². The molecule has 0 bridgehead atoms. The topological polar surface area (TPSA) is 42.1 Å². The Hall–Kier alpha value is -2.03. The first-order valence-corrected chi connectivity index (χ1v) is 5.63. The molecule has 2 aromatic rings. The summed E-state index contributed by atoms with van der Waals surface area (Å²) in [5.41, 5.74) is 2.71. The van der Waals surface area contributed by atoms with E-state index < -0.39 is 0 Å². The van der Waals surface area contributed by atoms with Crippen molar-refractivity contribution in [1.29, 1.82) is 0 Å². The molecule has 88 valence electrons. The molecule has 1 aromatic heterocycles. The third-order valence-electron chi connectivity index (χ3n) is 2.56. The van der Waals surface area contributed by atoms with E-state index in [1.165, 1.54) is 0 Å². The van der Waals surface area contributed by atoms with Gasteiger partial charge in [0.05, 0.1) is 6.61 Å². The highest BCUT2D eigenvalue weighted by Crippen LogP contribution is 2.16. The lowest BCUT2D eigenvalue weighted by atomic mass is 10.1. The molecule has 0 radical (unpaired) electrons. The van der Waals surface area contributed by atoms with Crippen LogP contribution >= 0.6 is 0 Å². The van der Waals surface area contributed by atoms with E-state index in [0.717, 1.165) is 16.5 Å². The van der Waals surface area contributed by atoms with Crippen molar-refractivity contribution < 1.29 is 9.53 Å². The third kappa shape index (κ3) is 2.56. The van der Waals surface area contributed by atoms with E-state index in [9.17, 15) is 4.79 Å². The van der Waals surface area contributed by atoms with Crippen molar-refractivity contribution in [2.45, 2.75) is 13.8 Å². The fraction of sp³-hybridized carbons (Fsp3) is 0.214. The lowest BCUT2D eigenvalue weighted by Gasteiger charge is -2.01. The molecule has 1 N–H and O–H groups in total. The Morgan fingerprint density at radius 1 is 1.41 bits per heavy atom. The van der Waals surface area contributed by atoms with Gasteiger partial charge in [0, 0.05) is 17.3 Å². The summed E-state index contributed by atoms with van der Waals surface area (Å²) in [6, 6.07) is 8.02. The Bertz CT molecular complexity index is 566. The number of fused-ring (bicyclic) bond motifs is 1. The highest BCUT2D eigenvalue weighted by molar-refractivity contribution is 5.93. The van der Waals surface area contributed by atoms with Crippen LogP contribution in [0, 0.1) is 0 Å². The maximum absolute atomic E-state index is 11.5. The second-order valence-electron chi connectivity index (χ2n) is 3.87. The number of rotatable bonds is 3. The molecular formula is C14H15NO2. The summed E-state index contributed by atoms with van der Waals surface area (Å²) in [6.07, 6.45) is 3.74. The van der Waals surface area contributed by atoms with Crippen LogP contribution in [0.15, 0.2) is 36.0 Å². The molecule has 17 heavy (non-hydrogen) atoms. The molecule has 0 fully saturated rings. The molecule has 0 aliphatic rings. The van der Waals surface area contributed by atoms with Crippen molar-refractivity contribution in [1.82, 2.24) is 4.98 Å². The number of esters is 1. The molecule has 0 saturated carbocycles. The van der Waals surface area contributed by atoms with Crippen LogP contribution in [0.5, 0.6) is 0 Å². The Morgan fingerprint density at radius 3 is 3.00 bits per heavy atom. The number of ether oxygens (including phenoxy) is 1. The normalized spacial score (nSPS) is 11.8. The van der Waals surface area contributed by atoms with Crippen molar-refractivity contribution in [2.24, 2.45) is 0 Å². The van der Waals surface area contributed by atoms with Crippen molar-refractivity contribution in [3.8, 4) is 0 Å². The van der Waals surface area contributed by atoms with Gasteiger partial charge in [-0.1, -0.05) is 6.07 Å². The molecule has 0 saturated heterocycles. The van der Waals surface area contributed by atoms with E-state index in [-0.39, 0.29) is 5.97 Å². The maximum atomic E-state index is 11.5. The Morgan fingerprint density at radius 2 is 2.24 bits per heavy atom. The number of carbonyl (C=O) groups excluding carboxylic acids is 1. The van der Waals surface area contributed by atoms with E-state index in [1.54, 1.807) is 13.8 Å². The van der Waals surface area contributed by atoms with E-state index in [1.807, 2.05) is 36.5 Å². The molecule has 1 aromatic carbocycles. The van der Waals surface area contributed by atoms with Gasteiger partial charge in [0.1, 0.15) is 0 Å². The predicted octanol–water partition coefficient (Wildman–Crippen LogP) is 3.13. The highest BCUT2D eigenvalue weighted by atomic mass is 16.5. The largest absolute Gasteiger partial charge is 0.463 e. The van der Waals surface area contributed by atoms with Crippen LogP contribution in [0.25, 0.3) is 17.0 Å². The molecule has 0 aliphatic heterocycles. The second-order valence-corrected chi connectivity index (χ2v) is 3.87. The molecule has 0 unspecified atom stereocenters. The summed E-state index contributed by atoms with van der Waals surface area (Å²) in [5.74, 6) is -0.262. The molecule has 1 heterocycles. The van der Waals surface area contributed by atoms with Crippen LogP contribution in [-0.4, -0.2) is 17.6 Å². The Kier molecular flexibility index (Phi) is 3.28. The number of hydrogen-bond acceptors (Lipinski definition) is 2. The van der Waals surface area contributed by atoms with Gasteiger partial charge in [-0.2, -0.15) is 0 Å². The SMILES string of the molecule is CCOC(=O)/C(C)=C/c1ccc2[nH]ccc2c1. The number of aromatic amines is 1. The first-order chi connectivity index (χ1) is 8.20. The van der Waals surface area contributed by atoms with Crippen LogP contribution in [0.2, 0.25) is 0 Å². The van der Waals surface area contributed by atoms with Crippen molar-refractivity contribution in [3.05, 3.63) is 41.6 Å². The minimum Gasteiger partial charge on any atom is -0.463 e. The van der Waals surface area contributed by atoms with Crippen LogP contribution in [-0.2, 0) is 9.53 Å². The number of hydrogen-bond donors (Lipinski definition) is 1. The van der Waals surface area contributed by atoms with Gasteiger partial charge in [0.15, 0.2) is 0 Å². The number of nitrogens with one attached hydrogen (secondary N) is 1. The Balaban J connectivity index is 2.27. The zero-order valence-electron chi connectivity index (χ0n) is 9.99.